The van der Waals surface area contributed by atoms with Crippen LogP contribution in [0.25, 0.3) is 0 Å². The van der Waals surface area contributed by atoms with Crippen LogP contribution >= 0.6 is 11.6 Å². The zero-order valence-corrected chi connectivity index (χ0v) is 15.8. The Morgan fingerprint density at radius 1 is 1.23 bits per heavy atom. The molecule has 2 N–H and O–H groups in total. The predicted molar refractivity (Wildman–Crippen MR) is 99.7 cm³/mol. The highest BCUT2D eigenvalue weighted by atomic mass is 35.5. The molecule has 0 fully saturated rings. The maximum atomic E-state index is 13.1. The standard InChI is InChI=1S/C19H22ClFN2O3/c1-4-26-17-8-5-13(9-18(17)25-3)11-23(2)12-19(24)22-16-7-6-14(21)10-15(16)20/h5-10H,4,11-12H2,1-3H3,(H,22,24)/p+1. The van der Waals surface area contributed by atoms with E-state index in [4.69, 9.17) is 21.1 Å². The number of likely N-dealkylation sites (N-methyl/N-ethyl adjacent to an activating group) is 1. The number of halogens is 2. The molecule has 0 radical (unpaired) electrons. The van der Waals surface area contributed by atoms with Crippen molar-refractivity contribution in [1.29, 1.82) is 0 Å². The summed E-state index contributed by atoms with van der Waals surface area (Å²) in [4.78, 5) is 13.2. The molecule has 7 heteroatoms. The molecule has 1 atom stereocenters. The fourth-order valence-electron chi connectivity index (χ4n) is 2.57. The van der Waals surface area contributed by atoms with Gasteiger partial charge in [0.2, 0.25) is 0 Å². The molecule has 5 nitrogen and oxygen atoms in total. The van der Waals surface area contributed by atoms with Gasteiger partial charge in [-0.2, -0.15) is 0 Å². The van der Waals surface area contributed by atoms with Crippen molar-refractivity contribution in [2.75, 3.05) is 32.6 Å². The third kappa shape index (κ3) is 5.61. The molecular formula is C19H23ClFN2O3+. The van der Waals surface area contributed by atoms with Crippen LogP contribution in [0.2, 0.25) is 5.02 Å². The highest BCUT2D eigenvalue weighted by Gasteiger charge is 2.14. The number of nitrogens with one attached hydrogen (secondary N) is 2. The first kappa shape index (κ1) is 20.0. The minimum atomic E-state index is -0.444. The maximum absolute atomic E-state index is 13.1. The molecule has 0 saturated heterocycles. The van der Waals surface area contributed by atoms with Crippen molar-refractivity contribution in [2.24, 2.45) is 0 Å². The zero-order valence-electron chi connectivity index (χ0n) is 15.1. The molecule has 0 aliphatic carbocycles. The van der Waals surface area contributed by atoms with Crippen LogP contribution in [0, 0.1) is 5.82 Å². The third-order valence-corrected chi connectivity index (χ3v) is 4.01. The van der Waals surface area contributed by atoms with Crippen molar-refractivity contribution >= 4 is 23.2 Å². The number of anilines is 1. The summed E-state index contributed by atoms with van der Waals surface area (Å²) >= 11 is 5.93. The van der Waals surface area contributed by atoms with E-state index in [1.807, 2.05) is 32.2 Å². The van der Waals surface area contributed by atoms with Gasteiger partial charge in [0, 0.05) is 5.56 Å². The summed E-state index contributed by atoms with van der Waals surface area (Å²) in [6, 6.07) is 9.59. The van der Waals surface area contributed by atoms with E-state index >= 15 is 0 Å². The van der Waals surface area contributed by atoms with Crippen molar-refractivity contribution in [2.45, 2.75) is 13.5 Å². The van der Waals surface area contributed by atoms with Crippen LogP contribution in [0.1, 0.15) is 12.5 Å². The predicted octanol–water partition coefficient (Wildman–Crippen LogP) is 2.54. The van der Waals surface area contributed by atoms with Crippen LogP contribution in [0.5, 0.6) is 11.5 Å². The van der Waals surface area contributed by atoms with Gasteiger partial charge < -0.3 is 19.7 Å². The average Bonchev–Trinajstić information content (AvgIpc) is 2.58. The molecule has 0 aromatic heterocycles. The second-order valence-corrected chi connectivity index (χ2v) is 6.31. The van der Waals surface area contributed by atoms with E-state index in [-0.39, 0.29) is 17.5 Å². The van der Waals surface area contributed by atoms with E-state index in [1.54, 1.807) is 7.11 Å². The number of rotatable bonds is 8. The minimum absolute atomic E-state index is 0.173. The second-order valence-electron chi connectivity index (χ2n) is 5.90. The number of amides is 1. The third-order valence-electron chi connectivity index (χ3n) is 3.70. The highest BCUT2D eigenvalue weighted by molar-refractivity contribution is 6.33. The summed E-state index contributed by atoms with van der Waals surface area (Å²) in [5.74, 6) is 0.717. The number of quaternary nitrogens is 1. The second kappa shape index (κ2) is 9.40. The summed E-state index contributed by atoms with van der Waals surface area (Å²) < 4.78 is 23.9. The van der Waals surface area contributed by atoms with Gasteiger partial charge in [-0.1, -0.05) is 11.6 Å². The maximum Gasteiger partial charge on any atom is 0.279 e. The van der Waals surface area contributed by atoms with Crippen molar-refractivity contribution in [3.05, 3.63) is 52.8 Å². The first-order chi connectivity index (χ1) is 12.4. The topological polar surface area (TPSA) is 52.0 Å². The van der Waals surface area contributed by atoms with Crippen molar-refractivity contribution in [1.82, 2.24) is 0 Å². The van der Waals surface area contributed by atoms with E-state index in [9.17, 15) is 9.18 Å². The van der Waals surface area contributed by atoms with Crippen molar-refractivity contribution < 1.29 is 23.6 Å². The van der Waals surface area contributed by atoms with Gasteiger partial charge in [-0.3, -0.25) is 4.79 Å². The van der Waals surface area contributed by atoms with Gasteiger partial charge in [-0.05, 0) is 43.3 Å². The zero-order chi connectivity index (χ0) is 19.1. The number of carbonyl (C=O) groups excluding carboxylic acids is 1. The van der Waals surface area contributed by atoms with Gasteiger partial charge in [0.15, 0.2) is 18.0 Å². The lowest BCUT2D eigenvalue weighted by Gasteiger charge is -2.16. The molecule has 1 amide bonds. The summed E-state index contributed by atoms with van der Waals surface area (Å²) in [6.07, 6.45) is 0. The lowest BCUT2D eigenvalue weighted by atomic mass is 10.2. The SMILES string of the molecule is CCOc1ccc(C[NH+](C)CC(=O)Nc2ccc(F)cc2Cl)cc1OC. The average molecular weight is 382 g/mol. The number of benzene rings is 2. The molecule has 140 valence electrons. The van der Waals surface area contributed by atoms with Crippen molar-refractivity contribution in [3.8, 4) is 11.5 Å². The molecule has 2 aromatic rings. The lowest BCUT2D eigenvalue weighted by molar-refractivity contribution is -0.885. The van der Waals surface area contributed by atoms with Gasteiger partial charge in [-0.25, -0.2) is 4.39 Å². The Balaban J connectivity index is 1.95. The highest BCUT2D eigenvalue weighted by Crippen LogP contribution is 2.27. The Labute approximate surface area is 157 Å². The largest absolute Gasteiger partial charge is 0.493 e. The van der Waals surface area contributed by atoms with Gasteiger partial charge in [0.05, 0.1) is 31.5 Å². The first-order valence-corrected chi connectivity index (χ1v) is 8.66. The molecule has 2 rings (SSSR count). The Bertz CT molecular complexity index is 770. The fraction of sp³-hybridized carbons (Fsp3) is 0.316. The molecule has 26 heavy (non-hydrogen) atoms. The van der Waals surface area contributed by atoms with Gasteiger partial charge >= 0.3 is 0 Å². The lowest BCUT2D eigenvalue weighted by Crippen LogP contribution is -3.08. The van der Waals surface area contributed by atoms with E-state index in [2.05, 4.69) is 5.32 Å². The van der Waals surface area contributed by atoms with E-state index in [1.165, 1.54) is 18.2 Å². The van der Waals surface area contributed by atoms with Crippen LogP contribution in [0.15, 0.2) is 36.4 Å². The van der Waals surface area contributed by atoms with E-state index in [0.717, 1.165) is 10.5 Å². The van der Waals surface area contributed by atoms with E-state index in [0.29, 0.717) is 30.3 Å². The summed E-state index contributed by atoms with van der Waals surface area (Å²) in [5.41, 5.74) is 1.42. The van der Waals surface area contributed by atoms with E-state index < -0.39 is 5.82 Å². The van der Waals surface area contributed by atoms with Crippen LogP contribution in [0.3, 0.4) is 0 Å². The molecule has 0 spiro atoms. The van der Waals surface area contributed by atoms with Gasteiger partial charge in [0.1, 0.15) is 12.4 Å². The van der Waals surface area contributed by atoms with Crippen LogP contribution in [-0.2, 0) is 11.3 Å². The summed E-state index contributed by atoms with van der Waals surface area (Å²) in [6.45, 7) is 3.35. The van der Waals surface area contributed by atoms with Crippen LogP contribution < -0.4 is 19.7 Å². The van der Waals surface area contributed by atoms with Gasteiger partial charge in [-0.15, -0.1) is 0 Å². The molecular weight excluding hydrogens is 359 g/mol. The Kier molecular flexibility index (Phi) is 7.24. The molecule has 2 aromatic carbocycles. The molecule has 0 heterocycles. The summed E-state index contributed by atoms with van der Waals surface area (Å²) in [7, 11) is 3.51. The number of ether oxygens (including phenoxy) is 2. The Hall–Kier alpha value is -2.31. The molecule has 0 bridgehead atoms. The normalized spacial score (nSPS) is 11.7. The Morgan fingerprint density at radius 2 is 2.00 bits per heavy atom. The summed E-state index contributed by atoms with van der Waals surface area (Å²) in [5, 5.41) is 2.87. The van der Waals surface area contributed by atoms with Crippen LogP contribution in [-0.4, -0.2) is 33.2 Å². The number of carbonyl (C=O) groups is 1. The smallest absolute Gasteiger partial charge is 0.279 e. The quantitative estimate of drug-likeness (QED) is 0.739. The fourth-order valence-corrected chi connectivity index (χ4v) is 2.78. The Morgan fingerprint density at radius 3 is 2.65 bits per heavy atom. The molecule has 0 aliphatic rings. The number of hydrogen-bond donors (Lipinski definition) is 2. The van der Waals surface area contributed by atoms with Gasteiger partial charge in [0.25, 0.3) is 5.91 Å². The first-order valence-electron chi connectivity index (χ1n) is 8.28. The van der Waals surface area contributed by atoms with Crippen LogP contribution in [0.4, 0.5) is 10.1 Å². The molecule has 0 aliphatic heterocycles. The number of hydrogen-bond acceptors (Lipinski definition) is 3. The van der Waals surface area contributed by atoms with Crippen molar-refractivity contribution in [3.63, 3.8) is 0 Å². The molecule has 0 saturated carbocycles. The minimum Gasteiger partial charge on any atom is -0.493 e. The monoisotopic (exact) mass is 381 g/mol. The molecule has 1 unspecified atom stereocenters. The number of methoxy groups -OCH3 is 1.